The lowest BCUT2D eigenvalue weighted by Gasteiger charge is -2.17. The molecule has 3 heteroatoms. The van der Waals surface area contributed by atoms with Gasteiger partial charge in [0.25, 0.3) is 0 Å². The highest BCUT2D eigenvalue weighted by Gasteiger charge is 2.18. The number of hydrogen-bond acceptors (Lipinski definition) is 3. The topological polar surface area (TPSA) is 27.7 Å². The summed E-state index contributed by atoms with van der Waals surface area (Å²) < 4.78 is 16.3. The molecule has 1 aliphatic rings. The molecule has 0 saturated heterocycles. The Hall–Kier alpha value is -1.64. The van der Waals surface area contributed by atoms with Crippen LogP contribution in [0.15, 0.2) is 18.2 Å². The number of benzene rings is 1. The first-order valence-corrected chi connectivity index (χ1v) is 6.80. The molecular formula is C16H22O3. The van der Waals surface area contributed by atoms with Crippen molar-refractivity contribution in [3.8, 4) is 17.2 Å². The van der Waals surface area contributed by atoms with E-state index < -0.39 is 0 Å². The average Bonchev–Trinajstić information content (AvgIpc) is 2.74. The van der Waals surface area contributed by atoms with Crippen LogP contribution in [0, 0.1) is 0 Å². The van der Waals surface area contributed by atoms with Crippen LogP contribution < -0.4 is 14.2 Å². The first-order valence-electron chi connectivity index (χ1n) is 6.80. The van der Waals surface area contributed by atoms with E-state index in [0.29, 0.717) is 11.5 Å². The molecule has 19 heavy (non-hydrogen) atoms. The highest BCUT2D eigenvalue weighted by atomic mass is 16.5. The van der Waals surface area contributed by atoms with E-state index in [1.54, 1.807) is 21.3 Å². The summed E-state index contributed by atoms with van der Waals surface area (Å²) in [5.41, 5.74) is 2.48. The molecule has 2 rings (SSSR count). The van der Waals surface area contributed by atoms with E-state index in [9.17, 15) is 0 Å². The predicted molar refractivity (Wildman–Crippen MR) is 77.2 cm³/mol. The molecule has 0 saturated carbocycles. The minimum Gasteiger partial charge on any atom is -0.493 e. The minimum absolute atomic E-state index is 0.674. The van der Waals surface area contributed by atoms with Crippen molar-refractivity contribution in [3.05, 3.63) is 23.8 Å². The number of allylic oxidation sites excluding steroid dienone is 2. The Balaban J connectivity index is 2.47. The van der Waals surface area contributed by atoms with Crippen molar-refractivity contribution in [1.29, 1.82) is 0 Å². The van der Waals surface area contributed by atoms with Crippen molar-refractivity contribution < 1.29 is 14.2 Å². The van der Waals surface area contributed by atoms with Crippen molar-refractivity contribution in [2.45, 2.75) is 32.1 Å². The second-order valence-corrected chi connectivity index (χ2v) is 4.71. The Kier molecular flexibility index (Phi) is 4.72. The normalized spacial score (nSPS) is 15.4. The second-order valence-electron chi connectivity index (χ2n) is 4.71. The third-order valence-corrected chi connectivity index (χ3v) is 3.59. The molecular weight excluding hydrogens is 240 g/mol. The van der Waals surface area contributed by atoms with Gasteiger partial charge in [0, 0.05) is 5.56 Å². The van der Waals surface area contributed by atoms with Crippen molar-refractivity contribution >= 4 is 5.57 Å². The molecule has 0 unspecified atom stereocenters. The van der Waals surface area contributed by atoms with Gasteiger partial charge in [0.2, 0.25) is 5.75 Å². The SMILES string of the molecule is COc1ccc(C2=CCCCCC2)c(OC)c1OC. The van der Waals surface area contributed by atoms with Crippen LogP contribution in [0.4, 0.5) is 0 Å². The first kappa shape index (κ1) is 13.8. The molecule has 104 valence electrons. The lowest BCUT2D eigenvalue weighted by molar-refractivity contribution is 0.324. The molecule has 0 fully saturated rings. The minimum atomic E-state index is 0.674. The highest BCUT2D eigenvalue weighted by molar-refractivity contribution is 5.75. The maximum absolute atomic E-state index is 5.56. The monoisotopic (exact) mass is 262 g/mol. The Bertz CT molecular complexity index is 463. The zero-order valence-electron chi connectivity index (χ0n) is 12.0. The summed E-state index contributed by atoms with van der Waals surface area (Å²) in [6, 6.07) is 4.01. The van der Waals surface area contributed by atoms with E-state index in [1.807, 2.05) is 6.07 Å². The van der Waals surface area contributed by atoms with E-state index in [0.717, 1.165) is 24.2 Å². The van der Waals surface area contributed by atoms with Crippen LogP contribution in [0.1, 0.15) is 37.7 Å². The molecule has 0 amide bonds. The van der Waals surface area contributed by atoms with Gasteiger partial charge in [-0.25, -0.2) is 0 Å². The average molecular weight is 262 g/mol. The van der Waals surface area contributed by atoms with Crippen LogP contribution in [0.2, 0.25) is 0 Å². The predicted octanol–water partition coefficient (Wildman–Crippen LogP) is 4.06. The number of methoxy groups -OCH3 is 3. The molecule has 0 radical (unpaired) electrons. The van der Waals surface area contributed by atoms with E-state index >= 15 is 0 Å². The van der Waals surface area contributed by atoms with Crippen LogP contribution in [0.3, 0.4) is 0 Å². The molecule has 1 aliphatic carbocycles. The maximum atomic E-state index is 5.56. The van der Waals surface area contributed by atoms with Gasteiger partial charge in [-0.3, -0.25) is 0 Å². The van der Waals surface area contributed by atoms with E-state index in [1.165, 1.54) is 24.8 Å². The van der Waals surface area contributed by atoms with Gasteiger partial charge >= 0.3 is 0 Å². The standard InChI is InChI=1S/C16H22O3/c1-17-14-11-10-13(15(18-2)16(14)19-3)12-8-6-4-5-7-9-12/h8,10-11H,4-7,9H2,1-3H3. The van der Waals surface area contributed by atoms with Gasteiger partial charge in [-0.2, -0.15) is 0 Å². The zero-order valence-corrected chi connectivity index (χ0v) is 12.0. The molecule has 0 atom stereocenters. The van der Waals surface area contributed by atoms with Gasteiger partial charge in [-0.05, 0) is 43.4 Å². The molecule has 0 heterocycles. The fourth-order valence-electron chi connectivity index (χ4n) is 2.61. The summed E-state index contributed by atoms with van der Waals surface area (Å²) in [7, 11) is 4.96. The third kappa shape index (κ3) is 2.86. The number of rotatable bonds is 4. The summed E-state index contributed by atoms with van der Waals surface area (Å²) in [6.45, 7) is 0. The zero-order chi connectivity index (χ0) is 13.7. The van der Waals surface area contributed by atoms with Crippen molar-refractivity contribution in [2.75, 3.05) is 21.3 Å². The Morgan fingerprint density at radius 3 is 2.32 bits per heavy atom. The third-order valence-electron chi connectivity index (χ3n) is 3.59. The van der Waals surface area contributed by atoms with E-state index in [2.05, 4.69) is 12.1 Å². The summed E-state index contributed by atoms with van der Waals surface area (Å²) in [4.78, 5) is 0. The van der Waals surface area contributed by atoms with Gasteiger partial charge in [0.05, 0.1) is 21.3 Å². The van der Waals surface area contributed by atoms with Crippen LogP contribution in [0.25, 0.3) is 5.57 Å². The summed E-state index contributed by atoms with van der Waals surface area (Å²) in [5.74, 6) is 2.15. The van der Waals surface area contributed by atoms with Crippen LogP contribution in [-0.4, -0.2) is 21.3 Å². The molecule has 0 aliphatic heterocycles. The number of ether oxygens (including phenoxy) is 3. The molecule has 0 N–H and O–H groups in total. The van der Waals surface area contributed by atoms with Gasteiger partial charge in [0.15, 0.2) is 11.5 Å². The first-order chi connectivity index (χ1) is 9.31. The Morgan fingerprint density at radius 1 is 0.842 bits per heavy atom. The van der Waals surface area contributed by atoms with Gasteiger partial charge in [0.1, 0.15) is 0 Å². The van der Waals surface area contributed by atoms with Gasteiger partial charge in [-0.15, -0.1) is 0 Å². The largest absolute Gasteiger partial charge is 0.493 e. The fourth-order valence-corrected chi connectivity index (χ4v) is 2.61. The van der Waals surface area contributed by atoms with Crippen LogP contribution in [-0.2, 0) is 0 Å². The summed E-state index contributed by atoms with van der Waals surface area (Å²) in [6.07, 6.45) is 8.40. The molecule has 0 spiro atoms. The lowest BCUT2D eigenvalue weighted by atomic mass is 9.99. The van der Waals surface area contributed by atoms with E-state index in [4.69, 9.17) is 14.2 Å². The molecule has 1 aromatic rings. The smallest absolute Gasteiger partial charge is 0.203 e. The van der Waals surface area contributed by atoms with E-state index in [-0.39, 0.29) is 0 Å². The van der Waals surface area contributed by atoms with Crippen molar-refractivity contribution in [1.82, 2.24) is 0 Å². The Morgan fingerprint density at radius 2 is 1.63 bits per heavy atom. The van der Waals surface area contributed by atoms with Gasteiger partial charge in [-0.1, -0.05) is 12.5 Å². The molecule has 1 aromatic carbocycles. The lowest BCUT2D eigenvalue weighted by Crippen LogP contribution is -1.98. The van der Waals surface area contributed by atoms with Crippen LogP contribution in [0.5, 0.6) is 17.2 Å². The summed E-state index contributed by atoms with van der Waals surface area (Å²) >= 11 is 0. The maximum Gasteiger partial charge on any atom is 0.203 e. The van der Waals surface area contributed by atoms with Gasteiger partial charge < -0.3 is 14.2 Å². The highest BCUT2D eigenvalue weighted by Crippen LogP contribution is 2.43. The summed E-state index contributed by atoms with van der Waals surface area (Å²) in [5, 5.41) is 0. The molecule has 0 bridgehead atoms. The Labute approximate surface area is 115 Å². The molecule has 3 nitrogen and oxygen atoms in total. The molecule has 0 aromatic heterocycles. The van der Waals surface area contributed by atoms with Crippen molar-refractivity contribution in [2.24, 2.45) is 0 Å². The number of hydrogen-bond donors (Lipinski definition) is 0. The quantitative estimate of drug-likeness (QED) is 0.819. The van der Waals surface area contributed by atoms with Crippen molar-refractivity contribution in [3.63, 3.8) is 0 Å². The van der Waals surface area contributed by atoms with Crippen LogP contribution >= 0.6 is 0 Å². The fraction of sp³-hybridized carbons (Fsp3) is 0.500. The second kappa shape index (κ2) is 6.50.